The van der Waals surface area contributed by atoms with Gasteiger partial charge in [-0.15, -0.1) is 10.2 Å². The number of benzene rings is 2. The number of nitrogens with zero attached hydrogens (tertiary/aromatic N) is 2. The Labute approximate surface area is 154 Å². The van der Waals surface area contributed by atoms with Gasteiger partial charge in [-0.3, -0.25) is 0 Å². The van der Waals surface area contributed by atoms with E-state index >= 15 is 0 Å². The molecule has 25 heavy (non-hydrogen) atoms. The SMILES string of the molecule is Cc1cccc(Nc2nnc(SCCOc3ccccc3F)s2)c1C. The first-order valence-electron chi connectivity index (χ1n) is 7.80. The van der Waals surface area contributed by atoms with Crippen molar-refractivity contribution in [1.82, 2.24) is 10.2 Å². The van der Waals surface area contributed by atoms with Crippen molar-refractivity contribution in [3.05, 3.63) is 59.4 Å². The monoisotopic (exact) mass is 375 g/mol. The van der Waals surface area contributed by atoms with Gasteiger partial charge in [0.15, 0.2) is 15.9 Å². The summed E-state index contributed by atoms with van der Waals surface area (Å²) < 4.78 is 19.7. The Morgan fingerprint density at radius 2 is 1.96 bits per heavy atom. The lowest BCUT2D eigenvalue weighted by Gasteiger charge is -2.08. The summed E-state index contributed by atoms with van der Waals surface area (Å²) >= 11 is 3.03. The zero-order chi connectivity index (χ0) is 17.6. The van der Waals surface area contributed by atoms with Crippen LogP contribution < -0.4 is 10.1 Å². The molecule has 3 rings (SSSR count). The number of nitrogens with one attached hydrogen (secondary N) is 1. The number of ether oxygens (including phenoxy) is 1. The van der Waals surface area contributed by atoms with Crippen molar-refractivity contribution in [2.24, 2.45) is 0 Å². The molecule has 3 aromatic rings. The fourth-order valence-corrected chi connectivity index (χ4v) is 3.81. The van der Waals surface area contributed by atoms with Gasteiger partial charge in [-0.05, 0) is 43.2 Å². The van der Waals surface area contributed by atoms with Gasteiger partial charge in [0.25, 0.3) is 0 Å². The lowest BCUT2D eigenvalue weighted by atomic mass is 10.1. The Kier molecular flexibility index (Phi) is 5.88. The Bertz CT molecular complexity index is 854. The lowest BCUT2D eigenvalue weighted by Crippen LogP contribution is -2.01. The lowest BCUT2D eigenvalue weighted by molar-refractivity contribution is 0.325. The fourth-order valence-electron chi connectivity index (χ4n) is 2.16. The van der Waals surface area contributed by atoms with E-state index in [1.54, 1.807) is 30.0 Å². The summed E-state index contributed by atoms with van der Waals surface area (Å²) in [7, 11) is 0. The topological polar surface area (TPSA) is 47.0 Å². The van der Waals surface area contributed by atoms with Crippen LogP contribution in [0.2, 0.25) is 0 Å². The van der Waals surface area contributed by atoms with Gasteiger partial charge in [0.1, 0.15) is 0 Å². The van der Waals surface area contributed by atoms with E-state index in [9.17, 15) is 4.39 Å². The number of rotatable bonds is 7. The molecule has 4 nitrogen and oxygen atoms in total. The first kappa shape index (κ1) is 17.7. The molecular formula is C18H18FN3OS2. The average molecular weight is 375 g/mol. The number of aromatic nitrogens is 2. The summed E-state index contributed by atoms with van der Waals surface area (Å²) in [6.45, 7) is 4.57. The zero-order valence-corrected chi connectivity index (χ0v) is 15.6. The number of halogens is 1. The van der Waals surface area contributed by atoms with Crippen molar-refractivity contribution in [2.75, 3.05) is 17.7 Å². The summed E-state index contributed by atoms with van der Waals surface area (Å²) in [5, 5.41) is 12.4. The second-order valence-electron chi connectivity index (χ2n) is 5.37. The van der Waals surface area contributed by atoms with E-state index < -0.39 is 0 Å². The van der Waals surface area contributed by atoms with Gasteiger partial charge in [0.05, 0.1) is 6.61 Å². The summed E-state index contributed by atoms with van der Waals surface area (Å²) in [6.07, 6.45) is 0. The third kappa shape index (κ3) is 4.70. The minimum absolute atomic E-state index is 0.276. The Morgan fingerprint density at radius 1 is 1.12 bits per heavy atom. The first-order valence-corrected chi connectivity index (χ1v) is 9.60. The molecule has 130 valence electrons. The molecule has 0 aliphatic rings. The molecule has 0 aliphatic carbocycles. The minimum Gasteiger partial charge on any atom is -0.490 e. The number of para-hydroxylation sites is 1. The standard InChI is InChI=1S/C18H18FN3OS2/c1-12-6-5-8-15(13(12)2)20-17-21-22-18(25-17)24-11-10-23-16-9-4-3-7-14(16)19/h3-9H,10-11H2,1-2H3,(H,20,21). The Balaban J connectivity index is 1.50. The number of hydrogen-bond acceptors (Lipinski definition) is 6. The molecule has 1 aromatic heterocycles. The number of hydrogen-bond donors (Lipinski definition) is 1. The summed E-state index contributed by atoms with van der Waals surface area (Å²) in [6, 6.07) is 12.5. The third-order valence-electron chi connectivity index (χ3n) is 3.66. The molecule has 0 spiro atoms. The molecule has 1 heterocycles. The fraction of sp³-hybridized carbons (Fsp3) is 0.222. The largest absolute Gasteiger partial charge is 0.490 e. The maximum absolute atomic E-state index is 13.5. The van der Waals surface area contributed by atoms with Crippen LogP contribution in [0.3, 0.4) is 0 Å². The van der Waals surface area contributed by atoms with Gasteiger partial charge in [-0.25, -0.2) is 4.39 Å². The van der Waals surface area contributed by atoms with Gasteiger partial charge in [0.2, 0.25) is 5.13 Å². The minimum atomic E-state index is -0.344. The smallest absolute Gasteiger partial charge is 0.210 e. The van der Waals surface area contributed by atoms with Crippen molar-refractivity contribution in [2.45, 2.75) is 18.2 Å². The highest BCUT2D eigenvalue weighted by Gasteiger charge is 2.08. The van der Waals surface area contributed by atoms with Crippen LogP contribution in [0.15, 0.2) is 46.8 Å². The van der Waals surface area contributed by atoms with Crippen LogP contribution in [0.25, 0.3) is 0 Å². The van der Waals surface area contributed by atoms with Crippen molar-refractivity contribution >= 4 is 33.9 Å². The molecular weight excluding hydrogens is 357 g/mol. The van der Waals surface area contributed by atoms with Gasteiger partial charge in [0, 0.05) is 11.4 Å². The summed E-state index contributed by atoms with van der Waals surface area (Å²) in [5.41, 5.74) is 3.47. The summed E-state index contributed by atoms with van der Waals surface area (Å²) in [4.78, 5) is 0. The van der Waals surface area contributed by atoms with Crippen LogP contribution in [0.5, 0.6) is 5.75 Å². The second-order valence-corrected chi connectivity index (χ2v) is 7.69. The van der Waals surface area contributed by atoms with Crippen LogP contribution in [-0.4, -0.2) is 22.6 Å². The van der Waals surface area contributed by atoms with Gasteiger partial charge >= 0.3 is 0 Å². The van der Waals surface area contributed by atoms with E-state index in [-0.39, 0.29) is 11.6 Å². The molecule has 7 heteroatoms. The van der Waals surface area contributed by atoms with E-state index in [1.165, 1.54) is 28.5 Å². The maximum Gasteiger partial charge on any atom is 0.210 e. The highest BCUT2D eigenvalue weighted by Crippen LogP contribution is 2.29. The molecule has 0 unspecified atom stereocenters. The predicted molar refractivity (Wildman–Crippen MR) is 102 cm³/mol. The molecule has 0 fully saturated rings. The molecule has 0 saturated heterocycles. The molecule has 0 bridgehead atoms. The highest BCUT2D eigenvalue weighted by atomic mass is 32.2. The Hall–Kier alpha value is -2.12. The predicted octanol–water partition coefficient (Wildman–Crippen LogP) is 5.21. The summed E-state index contributed by atoms with van der Waals surface area (Å²) in [5.74, 6) is 0.605. The third-order valence-corrected chi connectivity index (χ3v) is 5.59. The van der Waals surface area contributed by atoms with Gasteiger partial charge in [-0.1, -0.05) is 47.4 Å². The Morgan fingerprint density at radius 3 is 2.80 bits per heavy atom. The quantitative estimate of drug-likeness (QED) is 0.454. The zero-order valence-electron chi connectivity index (χ0n) is 14.0. The van der Waals surface area contributed by atoms with E-state index in [0.29, 0.717) is 12.4 Å². The highest BCUT2D eigenvalue weighted by molar-refractivity contribution is 8.01. The van der Waals surface area contributed by atoms with E-state index in [1.807, 2.05) is 12.1 Å². The van der Waals surface area contributed by atoms with Gasteiger partial charge in [-0.2, -0.15) is 0 Å². The normalized spacial score (nSPS) is 10.7. The molecule has 0 saturated carbocycles. The van der Waals surface area contributed by atoms with Crippen molar-refractivity contribution in [3.63, 3.8) is 0 Å². The second kappa shape index (κ2) is 8.31. The van der Waals surface area contributed by atoms with Crippen molar-refractivity contribution in [3.8, 4) is 5.75 Å². The van der Waals surface area contributed by atoms with E-state index in [2.05, 4.69) is 35.4 Å². The number of anilines is 2. The average Bonchev–Trinajstić information content (AvgIpc) is 3.05. The van der Waals surface area contributed by atoms with E-state index in [4.69, 9.17) is 4.74 Å². The van der Waals surface area contributed by atoms with Crippen LogP contribution in [0.1, 0.15) is 11.1 Å². The van der Waals surface area contributed by atoms with Gasteiger partial charge < -0.3 is 10.1 Å². The molecule has 0 atom stereocenters. The first-order chi connectivity index (χ1) is 12.1. The number of aryl methyl sites for hydroxylation is 1. The van der Waals surface area contributed by atoms with Crippen LogP contribution >= 0.6 is 23.1 Å². The molecule has 0 aliphatic heterocycles. The van der Waals surface area contributed by atoms with Crippen molar-refractivity contribution in [1.29, 1.82) is 0 Å². The number of thioether (sulfide) groups is 1. The van der Waals surface area contributed by atoms with E-state index in [0.717, 1.165) is 15.2 Å². The molecule has 1 N–H and O–H groups in total. The molecule has 0 radical (unpaired) electrons. The van der Waals surface area contributed by atoms with Crippen LogP contribution in [0.4, 0.5) is 15.2 Å². The van der Waals surface area contributed by atoms with Crippen molar-refractivity contribution < 1.29 is 9.13 Å². The molecule has 2 aromatic carbocycles. The maximum atomic E-state index is 13.5. The van der Waals surface area contributed by atoms with Crippen LogP contribution in [-0.2, 0) is 0 Å². The molecule has 0 amide bonds. The van der Waals surface area contributed by atoms with Crippen LogP contribution in [0, 0.1) is 19.7 Å².